The van der Waals surface area contributed by atoms with Gasteiger partial charge in [-0.1, -0.05) is 36.4 Å². The van der Waals surface area contributed by atoms with Crippen molar-refractivity contribution in [3.63, 3.8) is 0 Å². The van der Waals surface area contributed by atoms with Gasteiger partial charge < -0.3 is 13.9 Å². The van der Waals surface area contributed by atoms with Crippen LogP contribution in [0.1, 0.15) is 43.2 Å². The number of pyridine rings is 4. The van der Waals surface area contributed by atoms with Gasteiger partial charge in [0.1, 0.15) is 20.5 Å². The Kier molecular flexibility index (Phi) is 12.1. The number of ketones is 1. The highest BCUT2D eigenvalue weighted by Gasteiger charge is 2.21. The zero-order valence-electron chi connectivity index (χ0n) is 30.3. The third kappa shape index (κ3) is 8.64. The number of para-hydroxylation sites is 2. The second-order valence-corrected chi connectivity index (χ2v) is 14.1. The van der Waals surface area contributed by atoms with Crippen LogP contribution in [-0.4, -0.2) is 57.1 Å². The van der Waals surface area contributed by atoms with Crippen LogP contribution >= 0.6 is 31.9 Å². The second kappa shape index (κ2) is 17.1. The van der Waals surface area contributed by atoms with Gasteiger partial charge in [0.05, 0.1) is 55.3 Å². The van der Waals surface area contributed by atoms with Crippen LogP contribution < -0.4 is 15.6 Å². The van der Waals surface area contributed by atoms with E-state index in [0.29, 0.717) is 35.2 Å². The Labute approximate surface area is 333 Å². The molecule has 278 valence electrons. The van der Waals surface area contributed by atoms with Crippen LogP contribution in [0.3, 0.4) is 0 Å². The van der Waals surface area contributed by atoms with Gasteiger partial charge in [-0.3, -0.25) is 24.0 Å². The number of methoxy groups -OCH3 is 1. The summed E-state index contributed by atoms with van der Waals surface area (Å²) in [7, 11) is 4.42. The summed E-state index contributed by atoms with van der Waals surface area (Å²) in [6.07, 6.45) is 3.20. The molecule has 4 heterocycles. The fourth-order valence-electron chi connectivity index (χ4n) is 6.11. The third-order valence-corrected chi connectivity index (χ3v) is 9.78. The molecule has 0 fully saturated rings. The lowest BCUT2D eigenvalue weighted by molar-refractivity contribution is -0.0758. The zero-order valence-corrected chi connectivity index (χ0v) is 33.5. The molecule has 0 aliphatic heterocycles. The molecule has 4 aromatic heterocycles. The van der Waals surface area contributed by atoms with Gasteiger partial charge in [-0.25, -0.2) is 15.0 Å². The minimum atomic E-state index is -0.491. The van der Waals surface area contributed by atoms with Crippen LogP contribution in [0.5, 0.6) is 5.75 Å². The number of halogens is 2. The molecule has 7 rings (SSSR count). The van der Waals surface area contributed by atoms with Crippen LogP contribution in [0.15, 0.2) is 134 Å². The van der Waals surface area contributed by atoms with Crippen molar-refractivity contribution in [2.24, 2.45) is 0 Å². The summed E-state index contributed by atoms with van der Waals surface area (Å²) >= 11 is 6.75. The lowest BCUT2D eigenvalue weighted by Gasteiger charge is -2.16. The Morgan fingerprint density at radius 3 is 1.67 bits per heavy atom. The highest BCUT2D eigenvalue weighted by atomic mass is 79.9. The predicted octanol–water partition coefficient (Wildman–Crippen LogP) is 7.60. The molecule has 0 unspecified atom stereocenters. The molecule has 0 saturated heterocycles. The van der Waals surface area contributed by atoms with Crippen molar-refractivity contribution >= 4 is 65.4 Å². The first-order chi connectivity index (χ1) is 26.5. The lowest BCUT2D eigenvalue weighted by atomic mass is 9.98. The van der Waals surface area contributed by atoms with Gasteiger partial charge in [0.15, 0.2) is 5.78 Å². The van der Waals surface area contributed by atoms with Crippen LogP contribution in [0.2, 0.25) is 0 Å². The molecular formula is C42H35Br2N5O6. The van der Waals surface area contributed by atoms with Gasteiger partial charge in [-0.05, 0) is 111 Å². The third-order valence-electron chi connectivity index (χ3n) is 8.90. The number of hydrogen-bond acceptors (Lipinski definition) is 8. The monoisotopic (exact) mass is 863 g/mol. The molecule has 0 bridgehead atoms. The maximum Gasteiger partial charge on any atom is 0.282 e. The topological polar surface area (TPSA) is 126 Å². The van der Waals surface area contributed by atoms with Gasteiger partial charge in [-0.2, -0.15) is 0 Å². The summed E-state index contributed by atoms with van der Waals surface area (Å²) in [5.74, 6) is -0.128. The average molecular weight is 866 g/mol. The van der Waals surface area contributed by atoms with E-state index in [1.807, 2.05) is 76.7 Å². The standard InChI is InChI=1S/C24H19BrN2O3.C18H16BrN3O3/c1-15-12-17(30-2)10-11-18(15)23(28)20-14-27(13-16-6-5-9-22(25)26-16)21-8-4-3-7-19(21)24(20)29;1-21(25-2)18(24)14-11-22(10-12-6-5-9-16(19)20-12)15-8-4-3-7-13(15)17(14)23/h3-12,14H,13H2,1-2H3;3-9,11H,10H2,1-2H3. The molecule has 0 saturated carbocycles. The van der Waals surface area contributed by atoms with Crippen molar-refractivity contribution in [2.75, 3.05) is 21.3 Å². The number of hydroxylamine groups is 2. The van der Waals surface area contributed by atoms with Crippen LogP contribution in [0, 0.1) is 6.92 Å². The van der Waals surface area contributed by atoms with E-state index < -0.39 is 5.91 Å². The number of nitrogens with zero attached hydrogens (tertiary/aromatic N) is 5. The van der Waals surface area contributed by atoms with Gasteiger partial charge >= 0.3 is 0 Å². The summed E-state index contributed by atoms with van der Waals surface area (Å²) in [5, 5.41) is 2.02. The molecule has 13 heteroatoms. The first-order valence-electron chi connectivity index (χ1n) is 17.0. The Morgan fingerprint density at radius 2 is 1.18 bits per heavy atom. The second-order valence-electron chi connectivity index (χ2n) is 12.4. The van der Waals surface area contributed by atoms with E-state index in [4.69, 9.17) is 9.57 Å². The largest absolute Gasteiger partial charge is 0.497 e. The van der Waals surface area contributed by atoms with Gasteiger partial charge in [0.25, 0.3) is 5.91 Å². The molecule has 0 N–H and O–H groups in total. The molecule has 0 spiro atoms. The van der Waals surface area contributed by atoms with E-state index in [9.17, 15) is 19.2 Å². The quantitative estimate of drug-likeness (QED) is 0.0826. The number of ether oxygens (including phenoxy) is 1. The Morgan fingerprint density at radius 1 is 0.673 bits per heavy atom. The molecule has 7 aromatic rings. The maximum atomic E-state index is 13.3. The van der Waals surface area contributed by atoms with Gasteiger partial charge in [0.2, 0.25) is 10.9 Å². The SMILES string of the molecule is CON(C)C(=O)c1cn(Cc2cccc(Br)n2)c2ccccc2c1=O.COc1ccc(C(=O)c2cn(Cc3cccc(Br)n3)c3ccccc3c2=O)c(C)c1. The number of carbonyl (C=O) groups excluding carboxylic acids is 2. The van der Waals surface area contributed by atoms with Crippen molar-refractivity contribution < 1.29 is 19.2 Å². The normalized spacial score (nSPS) is 10.9. The first-order valence-corrected chi connectivity index (χ1v) is 18.6. The molecule has 0 atom stereocenters. The fraction of sp³-hybridized carbons (Fsp3) is 0.143. The summed E-state index contributed by atoms with van der Waals surface area (Å²) < 4.78 is 10.4. The molecule has 0 aliphatic carbocycles. The number of aryl methyl sites for hydroxylation is 1. The highest BCUT2D eigenvalue weighted by Crippen LogP contribution is 2.22. The number of rotatable bonds is 9. The lowest BCUT2D eigenvalue weighted by Crippen LogP contribution is -2.31. The van der Waals surface area contributed by atoms with Crippen LogP contribution in [0.25, 0.3) is 21.8 Å². The van der Waals surface area contributed by atoms with Crippen LogP contribution in [-0.2, 0) is 17.9 Å². The van der Waals surface area contributed by atoms with E-state index in [-0.39, 0.29) is 27.8 Å². The van der Waals surface area contributed by atoms with Crippen molar-refractivity contribution in [2.45, 2.75) is 20.0 Å². The Hall–Kier alpha value is -5.76. The molecule has 1 amide bonds. The number of carbonyl (C=O) groups is 2. The summed E-state index contributed by atoms with van der Waals surface area (Å²) in [6, 6.07) is 31.0. The minimum Gasteiger partial charge on any atom is -0.497 e. The van der Waals surface area contributed by atoms with E-state index >= 15 is 0 Å². The highest BCUT2D eigenvalue weighted by molar-refractivity contribution is 9.10. The minimum absolute atomic E-state index is 0.0537. The van der Waals surface area contributed by atoms with Gasteiger partial charge in [-0.15, -0.1) is 0 Å². The number of hydrogen-bond donors (Lipinski definition) is 0. The molecule has 3 aromatic carbocycles. The van der Waals surface area contributed by atoms with Gasteiger partial charge in [0, 0.05) is 35.8 Å². The number of aromatic nitrogens is 4. The van der Waals surface area contributed by atoms with Crippen molar-refractivity contribution in [1.29, 1.82) is 0 Å². The molecular weight excluding hydrogens is 830 g/mol. The number of amides is 1. The van der Waals surface area contributed by atoms with Crippen molar-refractivity contribution in [3.8, 4) is 5.75 Å². The fourth-order valence-corrected chi connectivity index (χ4v) is 6.87. The molecule has 11 nitrogen and oxygen atoms in total. The van der Waals surface area contributed by atoms with Crippen LogP contribution in [0.4, 0.5) is 0 Å². The average Bonchev–Trinajstić information content (AvgIpc) is 3.19. The Balaban J connectivity index is 0.000000190. The number of benzene rings is 3. The van der Waals surface area contributed by atoms with E-state index in [0.717, 1.165) is 42.3 Å². The Bertz CT molecular complexity index is 2690. The smallest absolute Gasteiger partial charge is 0.282 e. The first kappa shape index (κ1) is 38.9. The maximum absolute atomic E-state index is 13.3. The molecule has 55 heavy (non-hydrogen) atoms. The van der Waals surface area contributed by atoms with Crippen molar-refractivity contribution in [1.82, 2.24) is 24.2 Å². The van der Waals surface area contributed by atoms with E-state index in [2.05, 4.69) is 41.8 Å². The summed E-state index contributed by atoms with van der Waals surface area (Å²) in [6.45, 7) is 2.69. The van der Waals surface area contributed by atoms with E-state index in [1.165, 1.54) is 14.2 Å². The predicted molar refractivity (Wildman–Crippen MR) is 219 cm³/mol. The number of fused-ring (bicyclic) bond motifs is 2. The summed E-state index contributed by atoms with van der Waals surface area (Å²) in [5.41, 5.74) is 3.96. The molecule has 0 radical (unpaired) electrons. The van der Waals surface area contributed by atoms with E-state index in [1.54, 1.807) is 62.0 Å². The zero-order chi connectivity index (χ0) is 39.2. The molecule has 0 aliphatic rings. The summed E-state index contributed by atoms with van der Waals surface area (Å²) in [4.78, 5) is 65.5. The van der Waals surface area contributed by atoms with Crippen molar-refractivity contribution in [3.05, 3.63) is 179 Å².